The van der Waals surface area contributed by atoms with E-state index in [0.29, 0.717) is 0 Å². The number of carboxylic acids is 1. The quantitative estimate of drug-likeness (QED) is 0.130. The fourth-order valence-corrected chi connectivity index (χ4v) is 6.17. The molecular weight excluding hydrogens is 901 g/mol. The van der Waals surface area contributed by atoms with Gasteiger partial charge in [0.1, 0.15) is 0 Å². The van der Waals surface area contributed by atoms with Crippen molar-refractivity contribution in [3.63, 3.8) is 0 Å². The Morgan fingerprint density at radius 2 is 0.872 bits per heavy atom. The van der Waals surface area contributed by atoms with Crippen LogP contribution in [0, 0.1) is 13.3 Å². The van der Waals surface area contributed by atoms with Crippen molar-refractivity contribution >= 4 is 101 Å². The molecule has 0 aromatic heterocycles. The Bertz CT molecular complexity index is 1930. The van der Waals surface area contributed by atoms with Gasteiger partial charge < -0.3 is 29.5 Å². The zero-order valence-corrected chi connectivity index (χ0v) is 31.7. The van der Waals surface area contributed by atoms with Crippen LogP contribution in [-0.4, -0.2) is 20.1 Å². The number of carbonyl (C=O) groups is 1. The molecule has 2 aliphatic rings. The number of carboxylic acid groups (broad SMARTS) is 1. The molecule has 0 saturated carbocycles. The first-order valence-electron chi connectivity index (χ1n) is 14.7. The molecule has 0 unspecified atom stereocenters. The van der Waals surface area contributed by atoms with E-state index >= 15 is 0 Å². The van der Waals surface area contributed by atoms with Gasteiger partial charge in [-0.25, -0.2) is 0 Å². The van der Waals surface area contributed by atoms with Gasteiger partial charge in [-0.3, -0.25) is 0 Å². The van der Waals surface area contributed by atoms with E-state index in [1.165, 1.54) is 32.7 Å². The number of benzene rings is 6. The third-order valence-electron chi connectivity index (χ3n) is 8.01. The van der Waals surface area contributed by atoms with E-state index in [-0.39, 0.29) is 0 Å². The predicted molar refractivity (Wildman–Crippen MR) is 206 cm³/mol. The van der Waals surface area contributed by atoms with Crippen LogP contribution in [0.3, 0.4) is 0 Å². The molecule has 0 amide bonds. The SMILES string of the molecule is CC(=O)[O-].CN1[C]N(c2ccc3ccccc3c2-c2c(N3[C]N(C)c4ccccc43)ccc3ccccc23)c2ccccc21.[I][Rh+][I]. The first kappa shape index (κ1) is 33.5. The van der Waals surface area contributed by atoms with Crippen LogP contribution < -0.4 is 24.7 Å². The zero-order chi connectivity index (χ0) is 33.1. The fourth-order valence-electron chi connectivity index (χ4n) is 6.17. The molecule has 8 rings (SSSR count). The number of para-hydroxylation sites is 4. The molecule has 0 saturated heterocycles. The van der Waals surface area contributed by atoms with Crippen molar-refractivity contribution in [2.24, 2.45) is 0 Å². The Morgan fingerprint density at radius 1 is 0.553 bits per heavy atom. The van der Waals surface area contributed by atoms with Crippen LogP contribution in [-0.2, 0) is 14.9 Å². The first-order valence-corrected chi connectivity index (χ1v) is 24.4. The van der Waals surface area contributed by atoms with Crippen LogP contribution in [0.25, 0.3) is 32.7 Å². The second-order valence-electron chi connectivity index (χ2n) is 10.9. The van der Waals surface area contributed by atoms with Gasteiger partial charge in [0.05, 0.1) is 34.1 Å². The minimum atomic E-state index is -1.08. The van der Waals surface area contributed by atoms with Gasteiger partial charge >= 0.3 is 49.6 Å². The van der Waals surface area contributed by atoms with E-state index in [1.54, 1.807) is 0 Å². The number of carbonyl (C=O) groups excluding carboxylic acids is 1. The molecule has 6 aromatic carbocycles. The van der Waals surface area contributed by atoms with Crippen LogP contribution in [0.2, 0.25) is 0 Å². The number of anilines is 6. The van der Waals surface area contributed by atoms with Gasteiger partial charge in [-0.05, 0) is 64.9 Å². The summed E-state index contributed by atoms with van der Waals surface area (Å²) in [5.74, 6) is -1.08. The predicted octanol–water partition coefficient (Wildman–Crippen LogP) is 9.35. The number of hydrogen-bond acceptors (Lipinski definition) is 6. The summed E-state index contributed by atoms with van der Waals surface area (Å²) >= 11 is 4.69. The maximum atomic E-state index is 8.89. The van der Waals surface area contributed by atoms with Gasteiger partial charge in [0.25, 0.3) is 0 Å². The van der Waals surface area contributed by atoms with E-state index in [4.69, 9.17) is 9.90 Å². The normalized spacial score (nSPS) is 13.2. The molecule has 4 radical (unpaired) electrons. The number of aliphatic carboxylic acids is 1. The molecule has 0 aliphatic carbocycles. The second-order valence-corrected chi connectivity index (χ2v) is 23.5. The monoisotopic (exact) mass is 930 g/mol. The molecule has 6 aromatic rings. The molecule has 2 aliphatic heterocycles. The summed E-state index contributed by atoms with van der Waals surface area (Å²) in [6.07, 6.45) is 0. The molecule has 0 bridgehead atoms. The van der Waals surface area contributed by atoms with Crippen molar-refractivity contribution in [3.05, 3.63) is 135 Å². The Labute approximate surface area is 304 Å². The van der Waals surface area contributed by atoms with Crippen LogP contribution >= 0.6 is 39.5 Å². The van der Waals surface area contributed by atoms with Crippen molar-refractivity contribution < 1.29 is 20.0 Å². The van der Waals surface area contributed by atoms with Gasteiger partial charge in [0.2, 0.25) is 13.3 Å². The Kier molecular flexibility index (Phi) is 10.5. The van der Waals surface area contributed by atoms with Crippen molar-refractivity contribution in [2.45, 2.75) is 6.92 Å². The van der Waals surface area contributed by atoms with Crippen LogP contribution in [0.4, 0.5) is 34.1 Å². The minimum absolute atomic E-state index is 0.770. The molecule has 47 heavy (non-hydrogen) atoms. The van der Waals surface area contributed by atoms with Gasteiger partial charge in [-0.2, -0.15) is 0 Å². The molecular formula is C38H29I2N4O2Rh. The number of fused-ring (bicyclic) bond motifs is 4. The summed E-state index contributed by atoms with van der Waals surface area (Å²) in [5, 5.41) is 13.7. The average molecular weight is 930 g/mol. The molecule has 0 N–H and O–H groups in total. The molecule has 0 atom stereocenters. The van der Waals surface area contributed by atoms with Crippen molar-refractivity contribution in [3.8, 4) is 11.1 Å². The van der Waals surface area contributed by atoms with Crippen molar-refractivity contribution in [1.29, 1.82) is 0 Å². The van der Waals surface area contributed by atoms with E-state index in [1.807, 2.05) is 0 Å². The van der Waals surface area contributed by atoms with Crippen LogP contribution in [0.1, 0.15) is 6.92 Å². The average Bonchev–Trinajstić information content (AvgIpc) is 3.60. The van der Waals surface area contributed by atoms with Crippen molar-refractivity contribution in [1.82, 2.24) is 0 Å². The fraction of sp³-hybridized carbons (Fsp3) is 0.0789. The molecule has 2 heterocycles. The van der Waals surface area contributed by atoms with E-state index < -0.39 is 5.97 Å². The van der Waals surface area contributed by atoms with Gasteiger partial charge in [0, 0.05) is 31.2 Å². The number of nitrogens with zero attached hydrogens (tertiary/aromatic N) is 4. The summed E-state index contributed by atoms with van der Waals surface area (Å²) in [4.78, 5) is 17.5. The zero-order valence-electron chi connectivity index (χ0n) is 25.7. The summed E-state index contributed by atoms with van der Waals surface area (Å²) < 4.78 is 0. The van der Waals surface area contributed by atoms with Gasteiger partial charge in [-0.15, -0.1) is 0 Å². The first-order chi connectivity index (χ1) is 22.8. The van der Waals surface area contributed by atoms with E-state index in [9.17, 15) is 0 Å². The van der Waals surface area contributed by atoms with E-state index in [2.05, 4.69) is 208 Å². The molecule has 236 valence electrons. The summed E-state index contributed by atoms with van der Waals surface area (Å²) in [6.45, 7) is 8.17. The third-order valence-corrected chi connectivity index (χ3v) is 8.01. The van der Waals surface area contributed by atoms with Crippen LogP contribution in [0.15, 0.2) is 121 Å². The summed E-state index contributed by atoms with van der Waals surface area (Å²) in [6, 6.07) is 43.3. The molecule has 6 nitrogen and oxygen atoms in total. The van der Waals surface area contributed by atoms with Gasteiger partial charge in [0.15, 0.2) is 0 Å². The van der Waals surface area contributed by atoms with E-state index in [0.717, 1.165) is 51.1 Å². The van der Waals surface area contributed by atoms with Gasteiger partial charge in [-0.1, -0.05) is 84.9 Å². The Hall–Kier alpha value is -3.41. The summed E-state index contributed by atoms with van der Waals surface area (Å²) in [5.41, 5.74) is 9.05. The Balaban J connectivity index is 0.000000507. The van der Waals surface area contributed by atoms with Crippen molar-refractivity contribution in [2.75, 3.05) is 33.7 Å². The number of hydrogen-bond donors (Lipinski definition) is 0. The van der Waals surface area contributed by atoms with Crippen LogP contribution in [0.5, 0.6) is 0 Å². The topological polar surface area (TPSA) is 53.1 Å². The summed E-state index contributed by atoms with van der Waals surface area (Å²) in [7, 11) is 4.89. The standard InChI is InChI=1S/C36H26N4.C2H4O2.2HI.Rh/c1-37-23-39(31-17-9-7-15-29(31)37)33-21-19-25-11-3-5-13-27(25)35(33)36-28-14-6-4-12-26(28)20-22-34(36)40-24-38(2)30-16-8-10-18-32(30)40;1-2(3)4;;;/h3-22H,1-2H3;1H3,(H,3,4);2*1H;/q;;;;+3/p-3. The maximum absolute atomic E-state index is 8.89. The molecule has 0 spiro atoms. The number of halogens is 2. The second kappa shape index (κ2) is 14.8. The third kappa shape index (κ3) is 6.67. The molecule has 0 fully saturated rings. The molecule has 9 heteroatoms. The number of rotatable bonds is 3. The Morgan fingerprint density at radius 3 is 1.26 bits per heavy atom.